The van der Waals surface area contributed by atoms with Crippen LogP contribution in [0.5, 0.6) is 5.75 Å². The van der Waals surface area contributed by atoms with E-state index in [4.69, 9.17) is 4.74 Å². The second-order valence-corrected chi connectivity index (χ2v) is 5.27. The summed E-state index contributed by atoms with van der Waals surface area (Å²) in [4.78, 5) is 23.0. The first-order valence-electron chi connectivity index (χ1n) is 6.22. The molecule has 0 saturated carbocycles. The molecule has 0 aromatic heterocycles. The van der Waals surface area contributed by atoms with E-state index >= 15 is 0 Å². The molecule has 128 valence electrons. The molecule has 2 N–H and O–H groups in total. The van der Waals surface area contributed by atoms with Gasteiger partial charge in [0.25, 0.3) is 5.91 Å². The molecular weight excluding hydrogens is 324 g/mol. The van der Waals surface area contributed by atoms with Gasteiger partial charge < -0.3 is 9.47 Å². The van der Waals surface area contributed by atoms with Gasteiger partial charge in [0.15, 0.2) is 0 Å². The maximum atomic E-state index is 13.5. The largest absolute Gasteiger partial charge is 0.573 e. The molecule has 0 aliphatic rings. The van der Waals surface area contributed by atoms with E-state index in [9.17, 15) is 27.2 Å². The molecule has 0 aliphatic carbocycles. The van der Waals surface area contributed by atoms with E-state index in [2.05, 4.69) is 4.74 Å². The molecule has 1 rings (SSSR count). The first kappa shape index (κ1) is 18.5. The zero-order valence-corrected chi connectivity index (χ0v) is 12.4. The fourth-order valence-electron chi connectivity index (χ4n) is 1.35. The van der Waals surface area contributed by atoms with Crippen LogP contribution in [0.4, 0.5) is 22.4 Å². The van der Waals surface area contributed by atoms with E-state index in [1.165, 1.54) is 0 Å². The van der Waals surface area contributed by atoms with Gasteiger partial charge in [-0.05, 0) is 39.0 Å². The quantitative estimate of drug-likeness (QED) is 0.642. The SMILES string of the molecule is CC(C)(C)OC(=O)NNC(=O)c1cc(OC(F)(F)F)ccc1F. The molecule has 0 saturated heterocycles. The van der Waals surface area contributed by atoms with Crippen LogP contribution >= 0.6 is 0 Å². The number of alkyl halides is 3. The molecule has 0 heterocycles. The topological polar surface area (TPSA) is 76.7 Å². The van der Waals surface area contributed by atoms with Gasteiger partial charge in [-0.1, -0.05) is 0 Å². The minimum atomic E-state index is -4.99. The molecule has 0 atom stereocenters. The van der Waals surface area contributed by atoms with Crippen LogP contribution in [0.2, 0.25) is 0 Å². The molecule has 0 radical (unpaired) electrons. The Labute approximate surface area is 128 Å². The Kier molecular flexibility index (Phi) is 5.41. The summed E-state index contributed by atoms with van der Waals surface area (Å²) in [5, 5.41) is 0. The van der Waals surface area contributed by atoms with Crippen molar-refractivity contribution < 1.29 is 36.6 Å². The molecule has 1 aromatic rings. The third kappa shape index (κ3) is 6.85. The smallest absolute Gasteiger partial charge is 0.443 e. The Morgan fingerprint density at radius 3 is 2.22 bits per heavy atom. The maximum Gasteiger partial charge on any atom is 0.573 e. The fourth-order valence-corrected chi connectivity index (χ4v) is 1.35. The van der Waals surface area contributed by atoms with Gasteiger partial charge in [0.05, 0.1) is 5.56 Å². The molecule has 1 aromatic carbocycles. The van der Waals surface area contributed by atoms with Crippen molar-refractivity contribution in [2.45, 2.75) is 32.7 Å². The van der Waals surface area contributed by atoms with Crippen molar-refractivity contribution >= 4 is 12.0 Å². The summed E-state index contributed by atoms with van der Waals surface area (Å²) in [7, 11) is 0. The number of ether oxygens (including phenoxy) is 2. The molecule has 0 bridgehead atoms. The first-order chi connectivity index (χ1) is 10.4. The summed E-state index contributed by atoms with van der Waals surface area (Å²) in [5.41, 5.74) is 2.07. The van der Waals surface area contributed by atoms with Gasteiger partial charge in [-0.15, -0.1) is 13.2 Å². The average molecular weight is 338 g/mol. The van der Waals surface area contributed by atoms with Crippen LogP contribution in [-0.4, -0.2) is 24.0 Å². The van der Waals surface area contributed by atoms with Crippen LogP contribution in [0, 0.1) is 5.82 Å². The lowest BCUT2D eigenvalue weighted by Crippen LogP contribution is -2.44. The summed E-state index contributed by atoms with van der Waals surface area (Å²) in [6.45, 7) is 4.73. The second kappa shape index (κ2) is 6.71. The molecule has 0 unspecified atom stereocenters. The van der Waals surface area contributed by atoms with Crippen LogP contribution in [0.1, 0.15) is 31.1 Å². The number of benzene rings is 1. The minimum Gasteiger partial charge on any atom is -0.443 e. The van der Waals surface area contributed by atoms with Crippen LogP contribution in [0.15, 0.2) is 18.2 Å². The normalized spacial score (nSPS) is 11.6. The number of hydrogen-bond donors (Lipinski definition) is 2. The van der Waals surface area contributed by atoms with Gasteiger partial charge in [-0.25, -0.2) is 14.6 Å². The van der Waals surface area contributed by atoms with Crippen LogP contribution < -0.4 is 15.6 Å². The summed E-state index contributed by atoms with van der Waals surface area (Å²) >= 11 is 0. The van der Waals surface area contributed by atoms with Gasteiger partial charge in [0.1, 0.15) is 17.2 Å². The molecule has 0 fully saturated rings. The Balaban J connectivity index is 2.76. The number of amides is 2. The second-order valence-electron chi connectivity index (χ2n) is 5.27. The lowest BCUT2D eigenvalue weighted by Gasteiger charge is -2.19. The fraction of sp³-hybridized carbons (Fsp3) is 0.385. The Hall–Kier alpha value is -2.52. The molecule has 6 nitrogen and oxygen atoms in total. The van der Waals surface area contributed by atoms with Gasteiger partial charge >= 0.3 is 12.5 Å². The lowest BCUT2D eigenvalue weighted by molar-refractivity contribution is -0.274. The van der Waals surface area contributed by atoms with Gasteiger partial charge in [-0.2, -0.15) is 0 Å². The summed E-state index contributed by atoms with van der Waals surface area (Å²) < 4.78 is 58.2. The number of rotatable bonds is 2. The van der Waals surface area contributed by atoms with Crippen molar-refractivity contribution in [2.24, 2.45) is 0 Å². The molecule has 0 spiro atoms. The standard InChI is InChI=1S/C13H14F4N2O4/c1-12(2,3)23-11(21)19-18-10(20)8-6-7(4-5-9(8)14)22-13(15,16)17/h4-6H,1-3H3,(H,18,20)(H,19,21). The van der Waals surface area contributed by atoms with Crippen molar-refractivity contribution in [1.82, 2.24) is 10.9 Å². The van der Waals surface area contributed by atoms with Crippen molar-refractivity contribution in [1.29, 1.82) is 0 Å². The average Bonchev–Trinajstić information content (AvgIpc) is 2.34. The zero-order valence-electron chi connectivity index (χ0n) is 12.4. The van der Waals surface area contributed by atoms with Crippen molar-refractivity contribution in [3.05, 3.63) is 29.6 Å². The van der Waals surface area contributed by atoms with Crippen molar-refractivity contribution in [2.75, 3.05) is 0 Å². The Morgan fingerprint density at radius 2 is 1.70 bits per heavy atom. The van der Waals surface area contributed by atoms with Crippen LogP contribution in [-0.2, 0) is 4.74 Å². The van der Waals surface area contributed by atoms with Crippen LogP contribution in [0.3, 0.4) is 0 Å². The van der Waals surface area contributed by atoms with Gasteiger partial charge in [-0.3, -0.25) is 10.2 Å². The Morgan fingerprint density at radius 1 is 1.09 bits per heavy atom. The van der Waals surface area contributed by atoms with Crippen molar-refractivity contribution in [3.63, 3.8) is 0 Å². The summed E-state index contributed by atoms with van der Waals surface area (Å²) in [6.07, 6.45) is -6.01. The third-order valence-corrected chi connectivity index (χ3v) is 2.09. The van der Waals surface area contributed by atoms with E-state index in [0.717, 1.165) is 0 Å². The highest BCUT2D eigenvalue weighted by Gasteiger charge is 2.31. The predicted molar refractivity (Wildman–Crippen MR) is 69.9 cm³/mol. The van der Waals surface area contributed by atoms with E-state index < -0.39 is 41.1 Å². The monoisotopic (exact) mass is 338 g/mol. The molecule has 23 heavy (non-hydrogen) atoms. The van der Waals surface area contributed by atoms with Gasteiger partial charge in [0, 0.05) is 0 Å². The highest BCUT2D eigenvalue weighted by Crippen LogP contribution is 2.24. The van der Waals surface area contributed by atoms with Gasteiger partial charge in [0.2, 0.25) is 0 Å². The number of nitrogens with one attached hydrogen (secondary N) is 2. The number of carbonyl (C=O) groups is 2. The number of hydrogen-bond acceptors (Lipinski definition) is 4. The van der Waals surface area contributed by atoms with Crippen LogP contribution in [0.25, 0.3) is 0 Å². The van der Waals surface area contributed by atoms with E-state index in [1.807, 2.05) is 10.9 Å². The Bertz CT molecular complexity index is 597. The minimum absolute atomic E-state index is 0.551. The number of halogens is 4. The number of hydrazine groups is 1. The summed E-state index contributed by atoms with van der Waals surface area (Å²) in [5.74, 6) is -3.05. The first-order valence-corrected chi connectivity index (χ1v) is 6.22. The third-order valence-electron chi connectivity index (χ3n) is 2.09. The highest BCUT2D eigenvalue weighted by atomic mass is 19.4. The lowest BCUT2D eigenvalue weighted by atomic mass is 10.2. The number of carbonyl (C=O) groups excluding carboxylic acids is 2. The molecular formula is C13H14F4N2O4. The molecule has 10 heteroatoms. The van der Waals surface area contributed by atoms with E-state index in [-0.39, 0.29) is 0 Å². The predicted octanol–water partition coefficient (Wildman–Crippen LogP) is 2.89. The molecule has 2 amide bonds. The molecule has 0 aliphatic heterocycles. The van der Waals surface area contributed by atoms with E-state index in [1.54, 1.807) is 20.8 Å². The van der Waals surface area contributed by atoms with Crippen molar-refractivity contribution in [3.8, 4) is 5.75 Å². The van der Waals surface area contributed by atoms with E-state index in [0.29, 0.717) is 18.2 Å². The summed E-state index contributed by atoms with van der Waals surface area (Å²) in [6, 6.07) is 1.89. The maximum absolute atomic E-state index is 13.5. The zero-order chi connectivity index (χ0) is 17.8. The highest BCUT2D eigenvalue weighted by molar-refractivity contribution is 5.95.